The van der Waals surface area contributed by atoms with E-state index in [0.29, 0.717) is 27.3 Å². The molecule has 0 radical (unpaired) electrons. The summed E-state index contributed by atoms with van der Waals surface area (Å²) in [5.74, 6) is 0.578. The summed E-state index contributed by atoms with van der Waals surface area (Å²) >= 11 is 7.12. The van der Waals surface area contributed by atoms with Crippen LogP contribution in [0.25, 0.3) is 0 Å². The molecule has 0 aliphatic heterocycles. The van der Waals surface area contributed by atoms with Crippen LogP contribution in [0.2, 0.25) is 5.02 Å². The molecule has 1 N–H and O–H groups in total. The molecule has 0 atom stereocenters. The number of hydrogen-bond donors (Lipinski definition) is 1. The van der Waals surface area contributed by atoms with E-state index in [4.69, 9.17) is 16.3 Å². The zero-order valence-electron chi connectivity index (χ0n) is 13.5. The van der Waals surface area contributed by atoms with Gasteiger partial charge < -0.3 is 10.1 Å². The van der Waals surface area contributed by atoms with Crippen molar-refractivity contribution in [3.8, 4) is 5.75 Å². The van der Waals surface area contributed by atoms with Crippen LogP contribution < -0.4 is 10.1 Å². The largest absolute Gasteiger partial charge is 0.486 e. The molecule has 5 nitrogen and oxygen atoms in total. The highest BCUT2D eigenvalue weighted by atomic mass is 35.5. The maximum absolute atomic E-state index is 12.1. The molecule has 25 heavy (non-hydrogen) atoms. The van der Waals surface area contributed by atoms with Gasteiger partial charge in [0.2, 0.25) is 11.0 Å². The molecule has 3 rings (SSSR count). The second-order valence-electron chi connectivity index (χ2n) is 5.45. The summed E-state index contributed by atoms with van der Waals surface area (Å²) in [6, 6.07) is 14.9. The summed E-state index contributed by atoms with van der Waals surface area (Å²) in [5.41, 5.74) is 2.12. The topological polar surface area (TPSA) is 64.1 Å². The normalized spacial score (nSPS) is 10.5. The smallest absolute Gasteiger partial charge is 0.230 e. The molecule has 0 spiro atoms. The number of benzene rings is 2. The number of aromatic nitrogens is 2. The Bertz CT molecular complexity index is 848. The Balaban J connectivity index is 1.51. The third-order valence-electron chi connectivity index (χ3n) is 3.37. The fourth-order valence-corrected chi connectivity index (χ4v) is 2.89. The molecule has 128 valence electrons. The van der Waals surface area contributed by atoms with Gasteiger partial charge in [0.15, 0.2) is 5.01 Å². The third-order valence-corrected chi connectivity index (χ3v) is 4.44. The number of carbonyl (C=O) groups is 1. The van der Waals surface area contributed by atoms with E-state index >= 15 is 0 Å². The number of ether oxygens (including phenoxy) is 1. The lowest BCUT2D eigenvalue weighted by molar-refractivity contribution is -0.115. The Morgan fingerprint density at radius 3 is 2.56 bits per heavy atom. The zero-order valence-corrected chi connectivity index (χ0v) is 15.1. The monoisotopic (exact) mass is 373 g/mol. The van der Waals surface area contributed by atoms with Crippen molar-refractivity contribution in [3.63, 3.8) is 0 Å². The minimum absolute atomic E-state index is 0.120. The van der Waals surface area contributed by atoms with Crippen molar-refractivity contribution < 1.29 is 9.53 Å². The lowest BCUT2D eigenvalue weighted by Crippen LogP contribution is -2.14. The van der Waals surface area contributed by atoms with Crippen LogP contribution in [0.3, 0.4) is 0 Å². The summed E-state index contributed by atoms with van der Waals surface area (Å²) < 4.78 is 5.61. The van der Waals surface area contributed by atoms with E-state index in [2.05, 4.69) is 15.5 Å². The van der Waals surface area contributed by atoms with Crippen LogP contribution in [0.4, 0.5) is 5.13 Å². The lowest BCUT2D eigenvalue weighted by atomic mass is 10.1. The minimum atomic E-state index is -0.120. The number of aryl methyl sites for hydroxylation is 1. The highest BCUT2D eigenvalue weighted by molar-refractivity contribution is 7.15. The Morgan fingerprint density at radius 2 is 1.84 bits per heavy atom. The number of rotatable bonds is 6. The Hall–Kier alpha value is -2.44. The molecule has 0 unspecified atom stereocenters. The Kier molecular flexibility index (Phi) is 5.63. The number of carbonyl (C=O) groups excluding carboxylic acids is 1. The van der Waals surface area contributed by atoms with Crippen molar-refractivity contribution >= 4 is 34.0 Å². The number of anilines is 1. The molecule has 1 amide bonds. The van der Waals surface area contributed by atoms with Gasteiger partial charge in [0.25, 0.3) is 0 Å². The summed E-state index contributed by atoms with van der Waals surface area (Å²) in [6.45, 7) is 2.30. The molecule has 1 aromatic heterocycles. The van der Waals surface area contributed by atoms with Crippen molar-refractivity contribution in [2.45, 2.75) is 20.0 Å². The van der Waals surface area contributed by atoms with E-state index in [0.717, 1.165) is 5.56 Å². The Morgan fingerprint density at radius 1 is 1.12 bits per heavy atom. The van der Waals surface area contributed by atoms with Crippen LogP contribution >= 0.6 is 22.9 Å². The van der Waals surface area contributed by atoms with Crippen LogP contribution in [-0.4, -0.2) is 16.1 Å². The summed E-state index contributed by atoms with van der Waals surface area (Å²) in [7, 11) is 0. The van der Waals surface area contributed by atoms with Crippen molar-refractivity contribution in [1.82, 2.24) is 10.2 Å². The van der Waals surface area contributed by atoms with Gasteiger partial charge in [-0.3, -0.25) is 4.79 Å². The molecule has 0 fully saturated rings. The quantitative estimate of drug-likeness (QED) is 0.701. The molecule has 0 saturated heterocycles. The number of halogens is 1. The number of amides is 1. The summed E-state index contributed by atoms with van der Waals surface area (Å²) in [6.07, 6.45) is 0.302. The first-order chi connectivity index (χ1) is 12.1. The Labute approximate surface area is 154 Å². The zero-order chi connectivity index (χ0) is 17.6. The predicted octanol–water partition coefficient (Wildman–Crippen LogP) is 4.26. The SMILES string of the molecule is Cc1ccc(CC(=O)Nc2nnc(COc3ccc(Cl)cc3)s2)cc1. The molecule has 0 saturated carbocycles. The second-order valence-corrected chi connectivity index (χ2v) is 6.95. The fourth-order valence-electron chi connectivity index (χ4n) is 2.09. The molecular weight excluding hydrogens is 358 g/mol. The van der Waals surface area contributed by atoms with Gasteiger partial charge in [-0.2, -0.15) is 0 Å². The summed E-state index contributed by atoms with van der Waals surface area (Å²) in [4.78, 5) is 12.1. The van der Waals surface area contributed by atoms with Crippen LogP contribution in [0.1, 0.15) is 16.1 Å². The van der Waals surface area contributed by atoms with Gasteiger partial charge in [0.1, 0.15) is 12.4 Å². The maximum atomic E-state index is 12.1. The summed E-state index contributed by atoms with van der Waals surface area (Å²) in [5, 5.41) is 12.6. The van der Waals surface area contributed by atoms with Gasteiger partial charge in [0, 0.05) is 5.02 Å². The lowest BCUT2D eigenvalue weighted by Gasteiger charge is -2.03. The van der Waals surface area contributed by atoms with Crippen molar-refractivity contribution in [3.05, 3.63) is 69.7 Å². The van der Waals surface area contributed by atoms with Crippen molar-refractivity contribution in [1.29, 1.82) is 0 Å². The van der Waals surface area contributed by atoms with Crippen LogP contribution in [0, 0.1) is 6.92 Å². The average Bonchev–Trinajstić information content (AvgIpc) is 3.04. The first kappa shape index (κ1) is 17.4. The van der Waals surface area contributed by atoms with E-state index in [-0.39, 0.29) is 12.5 Å². The van der Waals surface area contributed by atoms with Crippen LogP contribution in [0.15, 0.2) is 48.5 Å². The molecule has 0 aliphatic carbocycles. The number of nitrogens with one attached hydrogen (secondary N) is 1. The molecular formula is C18H16ClN3O2S. The average molecular weight is 374 g/mol. The highest BCUT2D eigenvalue weighted by Crippen LogP contribution is 2.20. The van der Waals surface area contributed by atoms with E-state index in [1.165, 1.54) is 16.9 Å². The fraction of sp³-hybridized carbons (Fsp3) is 0.167. The van der Waals surface area contributed by atoms with Gasteiger partial charge in [-0.25, -0.2) is 0 Å². The molecule has 7 heteroatoms. The predicted molar refractivity (Wildman–Crippen MR) is 99.2 cm³/mol. The van der Waals surface area contributed by atoms with E-state index in [9.17, 15) is 4.79 Å². The van der Waals surface area contributed by atoms with Gasteiger partial charge in [-0.15, -0.1) is 10.2 Å². The molecule has 1 heterocycles. The molecule has 2 aromatic carbocycles. The van der Waals surface area contributed by atoms with Gasteiger partial charge in [-0.1, -0.05) is 52.8 Å². The van der Waals surface area contributed by atoms with Crippen LogP contribution in [0.5, 0.6) is 5.75 Å². The van der Waals surface area contributed by atoms with E-state index in [1.807, 2.05) is 31.2 Å². The first-order valence-corrected chi connectivity index (χ1v) is 8.84. The number of hydrogen-bond acceptors (Lipinski definition) is 5. The van der Waals surface area contributed by atoms with Crippen LogP contribution in [-0.2, 0) is 17.8 Å². The minimum Gasteiger partial charge on any atom is -0.486 e. The van der Waals surface area contributed by atoms with Crippen molar-refractivity contribution in [2.75, 3.05) is 5.32 Å². The first-order valence-electron chi connectivity index (χ1n) is 7.64. The number of nitrogens with zero attached hydrogens (tertiary/aromatic N) is 2. The van der Waals surface area contributed by atoms with E-state index < -0.39 is 0 Å². The second kappa shape index (κ2) is 8.09. The van der Waals surface area contributed by atoms with Gasteiger partial charge >= 0.3 is 0 Å². The highest BCUT2D eigenvalue weighted by Gasteiger charge is 2.09. The maximum Gasteiger partial charge on any atom is 0.230 e. The van der Waals surface area contributed by atoms with Gasteiger partial charge in [0.05, 0.1) is 6.42 Å². The molecule has 3 aromatic rings. The third kappa shape index (κ3) is 5.27. The molecule has 0 aliphatic rings. The van der Waals surface area contributed by atoms with Gasteiger partial charge in [-0.05, 0) is 36.8 Å². The standard InChI is InChI=1S/C18H16ClN3O2S/c1-12-2-4-13(5-3-12)10-16(23)20-18-22-21-17(25-18)11-24-15-8-6-14(19)7-9-15/h2-9H,10-11H2,1H3,(H,20,22,23). The van der Waals surface area contributed by atoms with Crippen molar-refractivity contribution in [2.24, 2.45) is 0 Å². The molecule has 0 bridgehead atoms. The van der Waals surface area contributed by atoms with E-state index in [1.54, 1.807) is 24.3 Å².